The molecule has 2 nitrogen and oxygen atoms in total. The summed E-state index contributed by atoms with van der Waals surface area (Å²) in [4.78, 5) is 11.6. The first-order chi connectivity index (χ1) is 7.83. The van der Waals surface area contributed by atoms with Gasteiger partial charge in [0.1, 0.15) is 5.75 Å². The smallest absolute Gasteiger partial charge is 0.406 e. The van der Waals surface area contributed by atoms with Crippen LogP contribution in [0.15, 0.2) is 18.2 Å². The molecule has 0 fully saturated rings. The van der Waals surface area contributed by atoms with Gasteiger partial charge < -0.3 is 4.74 Å². The van der Waals surface area contributed by atoms with Crippen molar-refractivity contribution in [2.24, 2.45) is 0 Å². The highest BCUT2D eigenvalue weighted by molar-refractivity contribution is 14.1. The van der Waals surface area contributed by atoms with Crippen molar-refractivity contribution >= 4 is 40.0 Å². The molecule has 7 heteroatoms. The number of Topliss-reactive ketones (excluding diaryl/α,β-unsaturated/α-hetero) is 1. The molecule has 0 saturated carbocycles. The van der Waals surface area contributed by atoms with E-state index in [1.165, 1.54) is 6.07 Å². The lowest BCUT2D eigenvalue weighted by Gasteiger charge is -2.10. The van der Waals surface area contributed by atoms with Gasteiger partial charge in [0, 0.05) is 21.4 Å². The second-order valence-electron chi connectivity index (χ2n) is 3.05. The molecule has 0 aliphatic heterocycles. The molecule has 1 aromatic carbocycles. The van der Waals surface area contributed by atoms with Gasteiger partial charge in [0.05, 0.1) is 0 Å². The van der Waals surface area contributed by atoms with Crippen molar-refractivity contribution in [1.29, 1.82) is 0 Å². The van der Waals surface area contributed by atoms with Gasteiger partial charge in [-0.15, -0.1) is 24.8 Å². The van der Waals surface area contributed by atoms with Crippen LogP contribution in [-0.2, 0) is 0 Å². The van der Waals surface area contributed by atoms with E-state index in [1.54, 1.807) is 0 Å². The van der Waals surface area contributed by atoms with Crippen molar-refractivity contribution in [2.75, 3.05) is 5.88 Å². The molecule has 1 rings (SSSR count). The Labute approximate surface area is 114 Å². The Morgan fingerprint density at radius 3 is 2.59 bits per heavy atom. The molecule has 17 heavy (non-hydrogen) atoms. The van der Waals surface area contributed by atoms with E-state index in [9.17, 15) is 18.0 Å². The Bertz CT molecular complexity index is 421. The van der Waals surface area contributed by atoms with Crippen LogP contribution in [-0.4, -0.2) is 18.0 Å². The summed E-state index contributed by atoms with van der Waals surface area (Å²) in [6, 6.07) is 3.62. The average molecular weight is 379 g/mol. The summed E-state index contributed by atoms with van der Waals surface area (Å²) in [6.45, 7) is 0. The first kappa shape index (κ1) is 14.6. The molecule has 0 heterocycles. The molecule has 0 unspecified atom stereocenters. The number of halogens is 5. The largest absolute Gasteiger partial charge is 0.573 e. The zero-order valence-electron chi connectivity index (χ0n) is 8.35. The fourth-order valence-corrected chi connectivity index (χ4v) is 1.94. The number of ketones is 1. The van der Waals surface area contributed by atoms with E-state index in [2.05, 4.69) is 4.74 Å². The van der Waals surface area contributed by atoms with Crippen LogP contribution in [0.5, 0.6) is 5.75 Å². The van der Waals surface area contributed by atoms with E-state index in [0.717, 1.165) is 12.1 Å². The molecule has 0 bridgehead atoms. The van der Waals surface area contributed by atoms with Gasteiger partial charge in [-0.05, 0) is 40.8 Å². The Hall–Kier alpha value is -0.500. The van der Waals surface area contributed by atoms with Crippen molar-refractivity contribution in [3.05, 3.63) is 27.3 Å². The Morgan fingerprint density at radius 1 is 1.41 bits per heavy atom. The summed E-state index contributed by atoms with van der Waals surface area (Å²) < 4.78 is 40.3. The fraction of sp³-hybridized carbons (Fsp3) is 0.300. The van der Waals surface area contributed by atoms with Gasteiger partial charge in [0.15, 0.2) is 5.78 Å². The van der Waals surface area contributed by atoms with Gasteiger partial charge in [-0.3, -0.25) is 4.79 Å². The third kappa shape index (κ3) is 4.71. The quantitative estimate of drug-likeness (QED) is 0.450. The first-order valence-electron chi connectivity index (χ1n) is 4.48. The number of benzene rings is 1. The Morgan fingerprint density at radius 2 is 2.06 bits per heavy atom. The van der Waals surface area contributed by atoms with Crippen LogP contribution in [0.4, 0.5) is 13.2 Å². The molecule has 94 valence electrons. The molecule has 0 radical (unpaired) electrons. The predicted molar refractivity (Wildman–Crippen MR) is 65.5 cm³/mol. The molecule has 0 aromatic heterocycles. The normalized spacial score (nSPS) is 11.4. The highest BCUT2D eigenvalue weighted by Crippen LogP contribution is 2.26. The minimum atomic E-state index is -4.76. The third-order valence-electron chi connectivity index (χ3n) is 1.79. The monoisotopic (exact) mass is 378 g/mol. The van der Waals surface area contributed by atoms with E-state index in [1.807, 2.05) is 22.6 Å². The Kier molecular flexibility index (Phi) is 5.05. The number of hydrogen-bond donors (Lipinski definition) is 0. The van der Waals surface area contributed by atoms with Gasteiger partial charge in [0.25, 0.3) is 0 Å². The van der Waals surface area contributed by atoms with Crippen LogP contribution in [0.25, 0.3) is 0 Å². The van der Waals surface area contributed by atoms with Gasteiger partial charge in [0.2, 0.25) is 0 Å². The lowest BCUT2D eigenvalue weighted by Crippen LogP contribution is -2.17. The van der Waals surface area contributed by atoms with E-state index in [4.69, 9.17) is 11.6 Å². The highest BCUT2D eigenvalue weighted by Gasteiger charge is 2.31. The van der Waals surface area contributed by atoms with Crippen LogP contribution in [0.1, 0.15) is 16.8 Å². The summed E-state index contributed by atoms with van der Waals surface area (Å²) in [5.41, 5.74) is 0.188. The first-order valence-corrected chi connectivity index (χ1v) is 6.09. The number of carbonyl (C=O) groups excluding carboxylic acids is 1. The number of alkyl halides is 4. The minimum Gasteiger partial charge on any atom is -0.406 e. The van der Waals surface area contributed by atoms with Gasteiger partial charge in [-0.2, -0.15) is 0 Å². The molecular formula is C10H7ClF3IO2. The molecule has 0 amide bonds. The summed E-state index contributed by atoms with van der Waals surface area (Å²) in [5.74, 6) is -0.591. The lowest BCUT2D eigenvalue weighted by atomic mass is 10.1. The topological polar surface area (TPSA) is 26.3 Å². The highest BCUT2D eigenvalue weighted by atomic mass is 127. The minimum absolute atomic E-state index is 0.0764. The molecule has 0 aliphatic carbocycles. The zero-order chi connectivity index (χ0) is 13.1. The molecule has 0 aliphatic rings. The maximum Gasteiger partial charge on any atom is 0.573 e. The maximum absolute atomic E-state index is 12.0. The molecule has 0 N–H and O–H groups in total. The van der Waals surface area contributed by atoms with Crippen LogP contribution < -0.4 is 4.74 Å². The van der Waals surface area contributed by atoms with Crippen molar-refractivity contribution in [2.45, 2.75) is 12.8 Å². The lowest BCUT2D eigenvalue weighted by molar-refractivity contribution is -0.274. The number of hydrogen-bond acceptors (Lipinski definition) is 2. The summed E-state index contributed by atoms with van der Waals surface area (Å²) in [6.07, 6.45) is -4.69. The summed E-state index contributed by atoms with van der Waals surface area (Å²) in [7, 11) is 0. The van der Waals surface area contributed by atoms with Gasteiger partial charge >= 0.3 is 6.36 Å². The SMILES string of the molecule is O=C(CCCl)c1cc(OC(F)(F)F)ccc1I. The van der Waals surface area contributed by atoms with Gasteiger partial charge in [-0.25, -0.2) is 0 Å². The second kappa shape index (κ2) is 5.90. The van der Waals surface area contributed by atoms with E-state index >= 15 is 0 Å². The predicted octanol–water partition coefficient (Wildman–Crippen LogP) is 4.00. The average Bonchev–Trinajstić information content (AvgIpc) is 2.19. The van der Waals surface area contributed by atoms with Crippen molar-refractivity contribution in [3.8, 4) is 5.75 Å². The van der Waals surface area contributed by atoms with Gasteiger partial charge in [-0.1, -0.05) is 0 Å². The fourth-order valence-electron chi connectivity index (χ4n) is 1.14. The van der Waals surface area contributed by atoms with Crippen LogP contribution in [0.2, 0.25) is 0 Å². The van der Waals surface area contributed by atoms with E-state index in [-0.39, 0.29) is 23.6 Å². The standard InChI is InChI=1S/C10H7ClF3IO2/c11-4-3-9(16)7-5-6(1-2-8(7)15)17-10(12,13)14/h1-2,5H,3-4H2. The third-order valence-corrected chi connectivity index (χ3v) is 2.92. The molecule has 0 spiro atoms. The van der Waals surface area contributed by atoms with Crippen molar-refractivity contribution < 1.29 is 22.7 Å². The van der Waals surface area contributed by atoms with Crippen LogP contribution in [0.3, 0.4) is 0 Å². The Balaban J connectivity index is 2.98. The van der Waals surface area contributed by atoms with Crippen molar-refractivity contribution in [1.82, 2.24) is 0 Å². The molecular weight excluding hydrogens is 371 g/mol. The number of carbonyl (C=O) groups is 1. The summed E-state index contributed by atoms with van der Waals surface area (Å²) in [5, 5.41) is 0. The van der Waals surface area contributed by atoms with Crippen LogP contribution >= 0.6 is 34.2 Å². The zero-order valence-corrected chi connectivity index (χ0v) is 11.3. The molecule has 1 aromatic rings. The van der Waals surface area contributed by atoms with Crippen LogP contribution in [0, 0.1) is 3.57 Å². The van der Waals surface area contributed by atoms with E-state index < -0.39 is 12.1 Å². The maximum atomic E-state index is 12.0. The number of rotatable bonds is 4. The second-order valence-corrected chi connectivity index (χ2v) is 4.59. The molecule has 0 atom stereocenters. The molecule has 0 saturated heterocycles. The summed E-state index contributed by atoms with van der Waals surface area (Å²) >= 11 is 7.28. The van der Waals surface area contributed by atoms with E-state index in [0.29, 0.717) is 3.57 Å². The number of ether oxygens (including phenoxy) is 1. The van der Waals surface area contributed by atoms with Crippen molar-refractivity contribution in [3.63, 3.8) is 0 Å².